The van der Waals surface area contributed by atoms with Crippen LogP contribution in [-0.2, 0) is 0 Å². The molecule has 0 atom stereocenters. The quantitative estimate of drug-likeness (QED) is 0.294. The first-order valence-corrected chi connectivity index (χ1v) is 20.7. The van der Waals surface area contributed by atoms with Crippen molar-refractivity contribution < 1.29 is 0 Å². The molecule has 5 fully saturated rings. The highest BCUT2D eigenvalue weighted by atomic mass is 15.2. The van der Waals surface area contributed by atoms with Crippen molar-refractivity contribution in [3.05, 3.63) is 0 Å². The number of rotatable bonds is 5. The van der Waals surface area contributed by atoms with Gasteiger partial charge < -0.3 is 24.5 Å². The van der Waals surface area contributed by atoms with E-state index in [4.69, 9.17) is 0 Å². The van der Waals surface area contributed by atoms with E-state index >= 15 is 0 Å². The molecule has 5 saturated heterocycles. The van der Waals surface area contributed by atoms with E-state index in [1.54, 1.807) is 0 Å². The molecule has 276 valence electrons. The summed E-state index contributed by atoms with van der Waals surface area (Å²) in [5.74, 6) is 0. The zero-order valence-corrected chi connectivity index (χ0v) is 33.5. The van der Waals surface area contributed by atoms with Gasteiger partial charge in [0.05, 0.1) is 0 Å². The molecule has 5 heteroatoms. The molecule has 0 aliphatic carbocycles. The second kappa shape index (κ2) is 27.6. The van der Waals surface area contributed by atoms with Crippen LogP contribution in [0.25, 0.3) is 0 Å². The van der Waals surface area contributed by atoms with Gasteiger partial charge in [0.1, 0.15) is 0 Å². The van der Waals surface area contributed by atoms with E-state index in [1.165, 1.54) is 168 Å². The van der Waals surface area contributed by atoms with Crippen molar-refractivity contribution in [2.24, 2.45) is 0 Å². The van der Waals surface area contributed by atoms with E-state index in [2.05, 4.69) is 93.7 Å². The lowest BCUT2D eigenvalue weighted by molar-refractivity contribution is 0.185. The Kier molecular flexibility index (Phi) is 26.3. The zero-order chi connectivity index (χ0) is 34.2. The van der Waals surface area contributed by atoms with Gasteiger partial charge in [-0.25, -0.2) is 0 Å². The Morgan fingerprint density at radius 3 is 0.435 bits per heavy atom. The zero-order valence-electron chi connectivity index (χ0n) is 33.5. The van der Waals surface area contributed by atoms with Gasteiger partial charge in [-0.05, 0) is 199 Å². The topological polar surface area (TPSA) is 16.2 Å². The lowest BCUT2D eigenvalue weighted by atomic mass is 10.1. The highest BCUT2D eigenvalue weighted by Crippen LogP contribution is 2.14. The molecule has 5 rings (SSSR count). The average Bonchev–Trinajstić information content (AvgIpc) is 3.27. The van der Waals surface area contributed by atoms with E-state index in [0.717, 1.165) is 30.2 Å². The Labute approximate surface area is 291 Å². The van der Waals surface area contributed by atoms with Crippen LogP contribution < -0.4 is 0 Å². The highest BCUT2D eigenvalue weighted by molar-refractivity contribution is 4.70. The van der Waals surface area contributed by atoms with Gasteiger partial charge in [0.25, 0.3) is 0 Å². The standard InChI is InChI=1S/2C9H19N.2C8H17N.C7H15N/c2*1-9(2)10-7-5-3-4-6-8-10;2*1-8(2)9-6-4-3-5-7-9;1-7(2)8-5-3-4-6-8/h2*9H,3-8H2,1-2H3;2*8H,3-7H2,1-2H3;7H,3-6H2,1-2H3. The van der Waals surface area contributed by atoms with Gasteiger partial charge in [-0.3, -0.25) is 0 Å². The number of piperidine rings is 2. The molecule has 0 amide bonds. The minimum atomic E-state index is 0.762. The van der Waals surface area contributed by atoms with Crippen LogP contribution in [0.3, 0.4) is 0 Å². The molecule has 5 nitrogen and oxygen atoms in total. The molecule has 0 unspecified atom stereocenters. The Bertz CT molecular complexity index is 583. The average molecular weight is 650 g/mol. The van der Waals surface area contributed by atoms with Gasteiger partial charge in [-0.15, -0.1) is 0 Å². The van der Waals surface area contributed by atoms with E-state index in [9.17, 15) is 0 Å². The maximum atomic E-state index is 2.59. The summed E-state index contributed by atoms with van der Waals surface area (Å²) < 4.78 is 0. The molecular formula is C41H87N5. The van der Waals surface area contributed by atoms with Gasteiger partial charge in [-0.2, -0.15) is 0 Å². The molecule has 0 radical (unpaired) electrons. The molecular weight excluding hydrogens is 562 g/mol. The Balaban J connectivity index is 0.000000288. The molecule has 5 heterocycles. The summed E-state index contributed by atoms with van der Waals surface area (Å²) in [5, 5.41) is 0. The highest BCUT2D eigenvalue weighted by Gasteiger charge is 2.15. The van der Waals surface area contributed by atoms with Gasteiger partial charge in [0.15, 0.2) is 0 Å². The third-order valence-electron chi connectivity index (χ3n) is 10.9. The summed E-state index contributed by atoms with van der Waals surface area (Å²) in [5.41, 5.74) is 0. The summed E-state index contributed by atoms with van der Waals surface area (Å²) in [4.78, 5) is 12.8. The monoisotopic (exact) mass is 650 g/mol. The van der Waals surface area contributed by atoms with Crippen molar-refractivity contribution in [3.63, 3.8) is 0 Å². The summed E-state index contributed by atoms with van der Waals surface area (Å²) in [7, 11) is 0. The minimum absolute atomic E-state index is 0.762. The van der Waals surface area contributed by atoms with Crippen molar-refractivity contribution in [1.29, 1.82) is 0 Å². The summed E-state index contributed by atoms with van der Waals surface area (Å²) in [6.45, 7) is 36.2. The summed E-state index contributed by atoms with van der Waals surface area (Å²) in [6, 6.07) is 3.84. The van der Waals surface area contributed by atoms with Crippen molar-refractivity contribution in [2.75, 3.05) is 65.4 Å². The van der Waals surface area contributed by atoms with Crippen LogP contribution in [0, 0.1) is 0 Å². The fourth-order valence-electron chi connectivity index (χ4n) is 7.35. The first-order valence-electron chi connectivity index (χ1n) is 20.7. The number of hydrogen-bond donors (Lipinski definition) is 0. The van der Waals surface area contributed by atoms with Crippen LogP contribution in [0.4, 0.5) is 0 Å². The second-order valence-corrected chi connectivity index (χ2v) is 16.3. The van der Waals surface area contributed by atoms with Crippen LogP contribution in [0.15, 0.2) is 0 Å². The van der Waals surface area contributed by atoms with Crippen molar-refractivity contribution in [1.82, 2.24) is 24.5 Å². The molecule has 0 aromatic heterocycles. The molecule has 0 N–H and O–H groups in total. The normalized spacial score (nSPS) is 23.0. The second-order valence-electron chi connectivity index (χ2n) is 16.3. The van der Waals surface area contributed by atoms with E-state index in [0.29, 0.717) is 0 Å². The Hall–Kier alpha value is -0.200. The van der Waals surface area contributed by atoms with Crippen molar-refractivity contribution >= 4 is 0 Å². The third kappa shape index (κ3) is 21.7. The Morgan fingerprint density at radius 1 is 0.196 bits per heavy atom. The predicted molar refractivity (Wildman–Crippen MR) is 207 cm³/mol. The van der Waals surface area contributed by atoms with Crippen molar-refractivity contribution in [3.8, 4) is 0 Å². The van der Waals surface area contributed by atoms with Gasteiger partial charge in [-0.1, -0.05) is 38.5 Å². The molecule has 46 heavy (non-hydrogen) atoms. The largest absolute Gasteiger partial charge is 0.301 e. The first kappa shape index (κ1) is 43.8. The van der Waals surface area contributed by atoms with E-state index < -0.39 is 0 Å². The summed E-state index contributed by atoms with van der Waals surface area (Å²) in [6.07, 6.45) is 22.8. The molecule has 5 aliphatic heterocycles. The smallest absolute Gasteiger partial charge is 0.00385 e. The molecule has 0 aromatic rings. The molecule has 0 bridgehead atoms. The molecule has 5 aliphatic rings. The SMILES string of the molecule is CC(C)N1CCCC1.CC(C)N1CCCCC1.CC(C)N1CCCCC1.CC(C)N1CCCCCC1.CC(C)N1CCCCCC1. The van der Waals surface area contributed by atoms with Crippen LogP contribution in [0.5, 0.6) is 0 Å². The lowest BCUT2D eigenvalue weighted by Gasteiger charge is -2.29. The third-order valence-corrected chi connectivity index (χ3v) is 10.9. The van der Waals surface area contributed by atoms with Gasteiger partial charge in [0, 0.05) is 30.2 Å². The van der Waals surface area contributed by atoms with Crippen LogP contribution in [-0.4, -0.2) is 120 Å². The molecule has 0 aromatic carbocycles. The number of hydrogen-bond acceptors (Lipinski definition) is 5. The van der Waals surface area contributed by atoms with Crippen LogP contribution >= 0.6 is 0 Å². The molecule has 0 saturated carbocycles. The van der Waals surface area contributed by atoms with Crippen LogP contribution in [0.1, 0.15) is 172 Å². The molecule has 0 spiro atoms. The predicted octanol–water partition coefficient (Wildman–Crippen LogP) is 9.79. The number of likely N-dealkylation sites (tertiary alicyclic amines) is 5. The fraction of sp³-hybridized carbons (Fsp3) is 1.00. The minimum Gasteiger partial charge on any atom is -0.301 e. The van der Waals surface area contributed by atoms with Crippen molar-refractivity contribution in [2.45, 2.75) is 202 Å². The Morgan fingerprint density at radius 2 is 0.304 bits per heavy atom. The maximum Gasteiger partial charge on any atom is 0.00385 e. The number of nitrogens with zero attached hydrogens (tertiary/aromatic N) is 5. The first-order chi connectivity index (χ1) is 22.0. The maximum absolute atomic E-state index is 2.59. The van der Waals surface area contributed by atoms with Gasteiger partial charge in [0.2, 0.25) is 0 Å². The van der Waals surface area contributed by atoms with E-state index in [-0.39, 0.29) is 0 Å². The van der Waals surface area contributed by atoms with Crippen LogP contribution in [0.2, 0.25) is 0 Å². The van der Waals surface area contributed by atoms with E-state index in [1.807, 2.05) is 0 Å². The van der Waals surface area contributed by atoms with Gasteiger partial charge >= 0.3 is 0 Å². The fourth-order valence-corrected chi connectivity index (χ4v) is 7.35. The summed E-state index contributed by atoms with van der Waals surface area (Å²) >= 11 is 0. The lowest BCUT2D eigenvalue weighted by Crippen LogP contribution is -2.35.